The minimum atomic E-state index is -0.318. The van der Waals surface area contributed by atoms with E-state index in [4.69, 9.17) is 16.3 Å². The van der Waals surface area contributed by atoms with Gasteiger partial charge < -0.3 is 10.1 Å². The van der Waals surface area contributed by atoms with Crippen molar-refractivity contribution in [3.8, 4) is 5.75 Å². The molecule has 1 fully saturated rings. The van der Waals surface area contributed by atoms with E-state index in [1.807, 2.05) is 24.3 Å². The number of esters is 1. The second kappa shape index (κ2) is 7.04. The SMILES string of the molecule is CC(=O)Oc1ccc(Cl)cc1C1CNC(c2ccccc2Br)C1. The third-order valence-corrected chi connectivity index (χ3v) is 5.03. The van der Waals surface area contributed by atoms with Crippen LogP contribution in [-0.2, 0) is 4.79 Å². The lowest BCUT2D eigenvalue weighted by atomic mass is 9.93. The molecule has 1 N–H and O–H groups in total. The first kappa shape index (κ1) is 16.5. The van der Waals surface area contributed by atoms with Crippen molar-refractivity contribution in [1.82, 2.24) is 5.32 Å². The van der Waals surface area contributed by atoms with Crippen LogP contribution in [0.4, 0.5) is 0 Å². The van der Waals surface area contributed by atoms with Crippen LogP contribution >= 0.6 is 27.5 Å². The third kappa shape index (κ3) is 3.77. The molecule has 2 unspecified atom stereocenters. The van der Waals surface area contributed by atoms with E-state index in [1.54, 1.807) is 12.1 Å². The standard InChI is InChI=1S/C18H17BrClNO2/c1-11(22)23-18-7-6-13(20)9-15(18)12-8-17(21-10-12)14-4-2-3-5-16(14)19/h2-7,9,12,17,21H,8,10H2,1H3. The molecule has 5 heteroatoms. The number of rotatable bonds is 3. The van der Waals surface area contributed by atoms with Gasteiger partial charge in [-0.25, -0.2) is 0 Å². The Hall–Kier alpha value is -1.36. The molecule has 2 atom stereocenters. The fourth-order valence-corrected chi connectivity index (χ4v) is 3.80. The van der Waals surface area contributed by atoms with Crippen molar-refractivity contribution in [2.24, 2.45) is 0 Å². The summed E-state index contributed by atoms with van der Waals surface area (Å²) in [4.78, 5) is 11.3. The number of benzene rings is 2. The summed E-state index contributed by atoms with van der Waals surface area (Å²) >= 11 is 9.75. The summed E-state index contributed by atoms with van der Waals surface area (Å²) in [5.41, 5.74) is 2.22. The molecule has 1 aliphatic heterocycles. The summed E-state index contributed by atoms with van der Waals surface area (Å²) in [6, 6.07) is 13.9. The van der Waals surface area contributed by atoms with Crippen LogP contribution < -0.4 is 10.1 Å². The van der Waals surface area contributed by atoms with Crippen LogP contribution in [0.1, 0.15) is 36.4 Å². The van der Waals surface area contributed by atoms with E-state index < -0.39 is 0 Å². The zero-order valence-electron chi connectivity index (χ0n) is 12.7. The Morgan fingerprint density at radius 1 is 1.26 bits per heavy atom. The van der Waals surface area contributed by atoms with Crippen molar-refractivity contribution in [2.45, 2.75) is 25.3 Å². The molecule has 0 aliphatic carbocycles. The lowest BCUT2D eigenvalue weighted by Gasteiger charge is -2.16. The van der Waals surface area contributed by atoms with E-state index in [0.29, 0.717) is 10.8 Å². The summed E-state index contributed by atoms with van der Waals surface area (Å²) in [7, 11) is 0. The van der Waals surface area contributed by atoms with Crippen LogP contribution in [0.25, 0.3) is 0 Å². The molecule has 0 aromatic heterocycles. The van der Waals surface area contributed by atoms with E-state index in [1.165, 1.54) is 12.5 Å². The first-order valence-corrected chi connectivity index (χ1v) is 8.67. The Kier molecular flexibility index (Phi) is 5.05. The van der Waals surface area contributed by atoms with Gasteiger partial charge in [0, 0.05) is 40.5 Å². The van der Waals surface area contributed by atoms with Gasteiger partial charge in [-0.2, -0.15) is 0 Å². The molecule has 23 heavy (non-hydrogen) atoms. The van der Waals surface area contributed by atoms with E-state index in [0.717, 1.165) is 23.0 Å². The van der Waals surface area contributed by atoms with Gasteiger partial charge in [0.05, 0.1) is 0 Å². The second-order valence-electron chi connectivity index (χ2n) is 5.69. The maximum Gasteiger partial charge on any atom is 0.308 e. The van der Waals surface area contributed by atoms with Crippen LogP contribution in [-0.4, -0.2) is 12.5 Å². The molecule has 0 saturated carbocycles. The quantitative estimate of drug-likeness (QED) is 0.597. The van der Waals surface area contributed by atoms with Gasteiger partial charge in [-0.1, -0.05) is 45.7 Å². The highest BCUT2D eigenvalue weighted by Gasteiger charge is 2.29. The molecule has 120 valence electrons. The average Bonchev–Trinajstić information content (AvgIpc) is 2.98. The van der Waals surface area contributed by atoms with Crippen molar-refractivity contribution in [2.75, 3.05) is 6.54 Å². The third-order valence-electron chi connectivity index (χ3n) is 4.08. The molecule has 1 aliphatic rings. The molecule has 2 aromatic carbocycles. The fourth-order valence-electron chi connectivity index (χ4n) is 3.05. The zero-order valence-corrected chi connectivity index (χ0v) is 15.0. The first-order valence-electron chi connectivity index (χ1n) is 7.50. The number of ether oxygens (including phenoxy) is 1. The highest BCUT2D eigenvalue weighted by molar-refractivity contribution is 9.10. The molecule has 0 bridgehead atoms. The van der Waals surface area contributed by atoms with Gasteiger partial charge >= 0.3 is 5.97 Å². The first-order chi connectivity index (χ1) is 11.0. The van der Waals surface area contributed by atoms with Crippen LogP contribution in [0.5, 0.6) is 5.75 Å². The maximum atomic E-state index is 11.3. The average molecular weight is 395 g/mol. The Balaban J connectivity index is 1.85. The van der Waals surface area contributed by atoms with Crippen molar-refractivity contribution in [3.05, 3.63) is 63.1 Å². The lowest BCUT2D eigenvalue weighted by molar-refractivity contribution is -0.131. The Morgan fingerprint density at radius 2 is 2.04 bits per heavy atom. The smallest absolute Gasteiger partial charge is 0.308 e. The van der Waals surface area contributed by atoms with Gasteiger partial charge in [0.1, 0.15) is 5.75 Å². The summed E-state index contributed by atoms with van der Waals surface area (Å²) in [6.07, 6.45) is 0.928. The summed E-state index contributed by atoms with van der Waals surface area (Å²) < 4.78 is 6.44. The van der Waals surface area contributed by atoms with E-state index in [9.17, 15) is 4.79 Å². The van der Waals surface area contributed by atoms with E-state index in [-0.39, 0.29) is 17.9 Å². The molecule has 0 spiro atoms. The highest BCUT2D eigenvalue weighted by atomic mass is 79.9. The molecule has 3 nitrogen and oxygen atoms in total. The Labute approximate surface area is 149 Å². The van der Waals surface area contributed by atoms with Crippen molar-refractivity contribution >= 4 is 33.5 Å². The number of carbonyl (C=O) groups excluding carboxylic acids is 1. The topological polar surface area (TPSA) is 38.3 Å². The molecule has 3 rings (SSSR count). The molecule has 1 saturated heterocycles. The number of nitrogens with one attached hydrogen (secondary N) is 1. The number of carbonyl (C=O) groups is 1. The zero-order chi connectivity index (χ0) is 16.4. The molecule has 0 amide bonds. The van der Waals surface area contributed by atoms with Crippen molar-refractivity contribution in [3.63, 3.8) is 0 Å². The van der Waals surface area contributed by atoms with Gasteiger partial charge in [0.2, 0.25) is 0 Å². The molecular formula is C18H17BrClNO2. The maximum absolute atomic E-state index is 11.3. The van der Waals surface area contributed by atoms with Crippen LogP contribution in [0.3, 0.4) is 0 Å². The predicted octanol–water partition coefficient (Wildman–Crippen LogP) is 4.85. The van der Waals surface area contributed by atoms with Gasteiger partial charge in [-0.3, -0.25) is 4.79 Å². The number of halogens is 2. The number of hydrogen-bond acceptors (Lipinski definition) is 3. The predicted molar refractivity (Wildman–Crippen MR) is 95.0 cm³/mol. The lowest BCUT2D eigenvalue weighted by Crippen LogP contribution is -2.14. The summed E-state index contributed by atoms with van der Waals surface area (Å²) in [6.45, 7) is 2.23. The Morgan fingerprint density at radius 3 is 2.78 bits per heavy atom. The van der Waals surface area contributed by atoms with Gasteiger partial charge in [-0.05, 0) is 36.2 Å². The normalized spacial score (nSPS) is 20.5. The summed E-state index contributed by atoms with van der Waals surface area (Å²) in [5, 5.41) is 4.20. The minimum Gasteiger partial charge on any atom is -0.426 e. The van der Waals surface area contributed by atoms with Gasteiger partial charge in [-0.15, -0.1) is 0 Å². The van der Waals surface area contributed by atoms with Gasteiger partial charge in [0.15, 0.2) is 0 Å². The molecule has 1 heterocycles. The van der Waals surface area contributed by atoms with E-state index >= 15 is 0 Å². The van der Waals surface area contributed by atoms with Crippen molar-refractivity contribution in [1.29, 1.82) is 0 Å². The monoisotopic (exact) mass is 393 g/mol. The van der Waals surface area contributed by atoms with E-state index in [2.05, 4.69) is 27.3 Å². The van der Waals surface area contributed by atoms with Crippen molar-refractivity contribution < 1.29 is 9.53 Å². The number of hydrogen-bond donors (Lipinski definition) is 1. The molecule has 0 radical (unpaired) electrons. The second-order valence-corrected chi connectivity index (χ2v) is 6.98. The van der Waals surface area contributed by atoms with Gasteiger partial charge in [0.25, 0.3) is 0 Å². The van der Waals surface area contributed by atoms with Crippen LogP contribution in [0.15, 0.2) is 46.9 Å². The molecule has 2 aromatic rings. The largest absolute Gasteiger partial charge is 0.426 e. The fraction of sp³-hybridized carbons (Fsp3) is 0.278. The minimum absolute atomic E-state index is 0.250. The molecular weight excluding hydrogens is 378 g/mol. The Bertz CT molecular complexity index is 735. The van der Waals surface area contributed by atoms with Crippen LogP contribution in [0.2, 0.25) is 5.02 Å². The highest BCUT2D eigenvalue weighted by Crippen LogP contribution is 2.40. The summed E-state index contributed by atoms with van der Waals surface area (Å²) in [5.74, 6) is 0.531. The van der Waals surface area contributed by atoms with Crippen LogP contribution in [0, 0.1) is 0 Å².